The van der Waals surface area contributed by atoms with Crippen molar-refractivity contribution in [2.24, 2.45) is 17.8 Å². The summed E-state index contributed by atoms with van der Waals surface area (Å²) < 4.78 is 0. The molecule has 0 aromatic rings. The molecular formula is C14H22ClNO. The van der Waals surface area contributed by atoms with E-state index in [-0.39, 0.29) is 0 Å². The molecule has 3 atom stereocenters. The van der Waals surface area contributed by atoms with Crippen LogP contribution in [0.15, 0.2) is 0 Å². The van der Waals surface area contributed by atoms with Crippen LogP contribution in [0, 0.1) is 17.8 Å². The van der Waals surface area contributed by atoms with Crippen molar-refractivity contribution < 1.29 is 4.79 Å². The highest BCUT2D eigenvalue weighted by Crippen LogP contribution is 2.49. The van der Waals surface area contributed by atoms with Gasteiger partial charge in [0.2, 0.25) is 5.91 Å². The van der Waals surface area contributed by atoms with Crippen LogP contribution in [0.2, 0.25) is 0 Å². The van der Waals surface area contributed by atoms with Crippen LogP contribution in [0.4, 0.5) is 0 Å². The molecule has 3 fully saturated rings. The summed E-state index contributed by atoms with van der Waals surface area (Å²) in [7, 11) is 0. The lowest BCUT2D eigenvalue weighted by molar-refractivity contribution is -0.133. The Balaban J connectivity index is 1.50. The van der Waals surface area contributed by atoms with Gasteiger partial charge in [-0.3, -0.25) is 4.79 Å². The first-order valence-electron chi connectivity index (χ1n) is 7.14. The lowest BCUT2D eigenvalue weighted by Crippen LogP contribution is -2.39. The van der Waals surface area contributed by atoms with Crippen molar-refractivity contribution in [3.8, 4) is 0 Å². The smallest absolute Gasteiger partial charge is 0.222 e. The SMILES string of the molecule is O=C(CC1CC2CCC1C2)N1CCC(Cl)CC1. The van der Waals surface area contributed by atoms with Gasteiger partial charge in [-0.1, -0.05) is 6.42 Å². The van der Waals surface area contributed by atoms with E-state index in [1.54, 1.807) is 0 Å². The molecule has 1 heterocycles. The van der Waals surface area contributed by atoms with Crippen molar-refractivity contribution in [2.45, 2.75) is 50.3 Å². The van der Waals surface area contributed by atoms with E-state index >= 15 is 0 Å². The van der Waals surface area contributed by atoms with Gasteiger partial charge in [0, 0.05) is 24.9 Å². The number of fused-ring (bicyclic) bond motifs is 2. The fourth-order valence-electron chi connectivity index (χ4n) is 4.08. The summed E-state index contributed by atoms with van der Waals surface area (Å²) in [5.74, 6) is 2.92. The molecule has 96 valence electrons. The van der Waals surface area contributed by atoms with Gasteiger partial charge in [-0.25, -0.2) is 0 Å². The van der Waals surface area contributed by atoms with Gasteiger partial charge < -0.3 is 4.90 Å². The predicted molar refractivity (Wildman–Crippen MR) is 69.0 cm³/mol. The third-order valence-electron chi connectivity index (χ3n) is 5.10. The molecule has 1 saturated heterocycles. The fraction of sp³-hybridized carbons (Fsp3) is 0.929. The second kappa shape index (κ2) is 4.79. The summed E-state index contributed by atoms with van der Waals surface area (Å²) >= 11 is 6.07. The van der Waals surface area contributed by atoms with E-state index in [0.717, 1.165) is 44.2 Å². The Morgan fingerprint density at radius 1 is 1.12 bits per heavy atom. The topological polar surface area (TPSA) is 20.3 Å². The number of nitrogens with zero attached hydrogens (tertiary/aromatic N) is 1. The van der Waals surface area contributed by atoms with E-state index in [2.05, 4.69) is 0 Å². The van der Waals surface area contributed by atoms with Crippen molar-refractivity contribution in [3.05, 3.63) is 0 Å². The molecule has 2 saturated carbocycles. The monoisotopic (exact) mass is 255 g/mol. The van der Waals surface area contributed by atoms with Gasteiger partial charge in [-0.05, 0) is 49.9 Å². The van der Waals surface area contributed by atoms with E-state index in [1.165, 1.54) is 25.7 Å². The predicted octanol–water partition coefficient (Wildman–Crippen LogP) is 3.04. The minimum Gasteiger partial charge on any atom is -0.343 e. The van der Waals surface area contributed by atoms with Crippen LogP contribution in [-0.2, 0) is 4.79 Å². The van der Waals surface area contributed by atoms with Crippen molar-refractivity contribution >= 4 is 17.5 Å². The summed E-state index contributed by atoms with van der Waals surface area (Å²) in [6, 6.07) is 0. The molecule has 2 bridgehead atoms. The van der Waals surface area contributed by atoms with Gasteiger partial charge in [0.05, 0.1) is 0 Å². The lowest BCUT2D eigenvalue weighted by atomic mass is 9.86. The van der Waals surface area contributed by atoms with Crippen molar-refractivity contribution in [1.82, 2.24) is 4.90 Å². The van der Waals surface area contributed by atoms with Gasteiger partial charge in [0.15, 0.2) is 0 Å². The molecule has 3 aliphatic rings. The number of likely N-dealkylation sites (tertiary alicyclic amines) is 1. The van der Waals surface area contributed by atoms with Gasteiger partial charge >= 0.3 is 0 Å². The average molecular weight is 256 g/mol. The molecule has 0 aromatic carbocycles. The maximum absolute atomic E-state index is 12.2. The molecule has 2 nitrogen and oxygen atoms in total. The number of rotatable bonds is 2. The van der Waals surface area contributed by atoms with Crippen LogP contribution >= 0.6 is 11.6 Å². The molecular weight excluding hydrogens is 234 g/mol. The van der Waals surface area contributed by atoms with Crippen molar-refractivity contribution in [3.63, 3.8) is 0 Å². The zero-order valence-electron chi connectivity index (χ0n) is 10.4. The van der Waals surface area contributed by atoms with E-state index in [4.69, 9.17) is 11.6 Å². The summed E-state index contributed by atoms with van der Waals surface area (Å²) in [5, 5.41) is 0.293. The van der Waals surface area contributed by atoms with Gasteiger partial charge in [0.1, 0.15) is 0 Å². The van der Waals surface area contributed by atoms with Gasteiger partial charge in [-0.2, -0.15) is 0 Å². The summed E-state index contributed by atoms with van der Waals surface area (Å²) in [5.41, 5.74) is 0. The summed E-state index contributed by atoms with van der Waals surface area (Å²) in [6.07, 6.45) is 8.30. The molecule has 0 N–H and O–H groups in total. The molecule has 0 spiro atoms. The lowest BCUT2D eigenvalue weighted by Gasteiger charge is -2.31. The third-order valence-corrected chi connectivity index (χ3v) is 5.53. The van der Waals surface area contributed by atoms with Crippen LogP contribution in [0.3, 0.4) is 0 Å². The molecule has 2 aliphatic carbocycles. The van der Waals surface area contributed by atoms with E-state index in [1.807, 2.05) is 4.90 Å². The number of amides is 1. The average Bonchev–Trinajstić information content (AvgIpc) is 2.91. The Hall–Kier alpha value is -0.240. The Morgan fingerprint density at radius 3 is 2.47 bits per heavy atom. The quantitative estimate of drug-likeness (QED) is 0.695. The number of halogens is 1. The second-order valence-corrected chi connectivity index (χ2v) is 6.81. The highest BCUT2D eigenvalue weighted by Gasteiger charge is 2.40. The summed E-state index contributed by atoms with van der Waals surface area (Å²) in [6.45, 7) is 1.77. The molecule has 3 heteroatoms. The highest BCUT2D eigenvalue weighted by atomic mass is 35.5. The Kier molecular flexibility index (Phi) is 3.34. The largest absolute Gasteiger partial charge is 0.343 e. The third kappa shape index (κ3) is 2.47. The van der Waals surface area contributed by atoms with E-state index in [0.29, 0.717) is 17.2 Å². The van der Waals surface area contributed by atoms with Crippen LogP contribution in [-0.4, -0.2) is 29.3 Å². The van der Waals surface area contributed by atoms with E-state index < -0.39 is 0 Å². The number of hydrogen-bond acceptors (Lipinski definition) is 1. The van der Waals surface area contributed by atoms with Crippen molar-refractivity contribution in [1.29, 1.82) is 0 Å². The Morgan fingerprint density at radius 2 is 1.88 bits per heavy atom. The minimum atomic E-state index is 0.293. The molecule has 3 unspecified atom stereocenters. The minimum absolute atomic E-state index is 0.293. The zero-order chi connectivity index (χ0) is 11.8. The van der Waals surface area contributed by atoms with Crippen LogP contribution in [0.25, 0.3) is 0 Å². The fourth-order valence-corrected chi connectivity index (χ4v) is 4.27. The normalized spacial score (nSPS) is 37.7. The number of carbonyl (C=O) groups excluding carboxylic acids is 1. The van der Waals surface area contributed by atoms with Gasteiger partial charge in [-0.15, -0.1) is 11.6 Å². The second-order valence-electron chi connectivity index (χ2n) is 6.19. The highest BCUT2D eigenvalue weighted by molar-refractivity contribution is 6.20. The van der Waals surface area contributed by atoms with Crippen LogP contribution < -0.4 is 0 Å². The first kappa shape index (κ1) is 11.8. The van der Waals surface area contributed by atoms with Crippen LogP contribution in [0.1, 0.15) is 44.9 Å². The number of hydrogen-bond donors (Lipinski definition) is 0. The molecule has 0 radical (unpaired) electrons. The maximum atomic E-state index is 12.2. The molecule has 3 rings (SSSR count). The Labute approximate surface area is 109 Å². The maximum Gasteiger partial charge on any atom is 0.222 e. The van der Waals surface area contributed by atoms with Crippen molar-refractivity contribution in [2.75, 3.05) is 13.1 Å². The Bertz CT molecular complexity index is 299. The molecule has 17 heavy (non-hydrogen) atoms. The first-order valence-corrected chi connectivity index (χ1v) is 7.58. The molecule has 1 amide bonds. The molecule has 1 aliphatic heterocycles. The zero-order valence-corrected chi connectivity index (χ0v) is 11.2. The number of alkyl halides is 1. The van der Waals surface area contributed by atoms with Gasteiger partial charge in [0.25, 0.3) is 0 Å². The number of carbonyl (C=O) groups is 1. The number of piperidine rings is 1. The first-order chi connectivity index (χ1) is 8.22. The summed E-state index contributed by atoms with van der Waals surface area (Å²) in [4.78, 5) is 14.3. The molecule has 0 aromatic heterocycles. The van der Waals surface area contributed by atoms with Crippen LogP contribution in [0.5, 0.6) is 0 Å². The van der Waals surface area contributed by atoms with E-state index in [9.17, 15) is 4.79 Å². The standard InChI is InChI=1S/C14H22ClNO/c15-13-3-5-16(6-4-13)14(17)9-12-8-10-1-2-11(12)7-10/h10-13H,1-9H2.